The number of carbonyl (C=O) groups is 1. The number of nitrogens with zero attached hydrogens (tertiary/aromatic N) is 2. The maximum atomic E-state index is 11.0. The van der Waals surface area contributed by atoms with Crippen LogP contribution in [0.2, 0.25) is 0 Å². The van der Waals surface area contributed by atoms with Crippen LogP contribution in [0, 0.1) is 5.92 Å². The minimum absolute atomic E-state index is 0.308. The first-order valence-corrected chi connectivity index (χ1v) is 8.19. The first-order valence-electron chi connectivity index (χ1n) is 6.41. The number of carboxylic acid groups (broad SMARTS) is 1. The molecular formula is C14H15BrN2O3S. The molecule has 1 aromatic heterocycles. The average Bonchev–Trinajstić information content (AvgIpc) is 2.93. The molecule has 7 heteroatoms. The van der Waals surface area contributed by atoms with Gasteiger partial charge in [-0.3, -0.25) is 4.79 Å². The summed E-state index contributed by atoms with van der Waals surface area (Å²) < 4.78 is 6.19. The molecule has 0 aliphatic rings. The highest BCUT2D eigenvalue weighted by Gasteiger charge is 2.25. The second kappa shape index (κ2) is 7.09. The zero-order valence-electron chi connectivity index (χ0n) is 11.6. The van der Waals surface area contributed by atoms with Gasteiger partial charge in [-0.15, -0.1) is 11.8 Å². The number of rotatable bonds is 6. The van der Waals surface area contributed by atoms with E-state index in [0.29, 0.717) is 17.5 Å². The van der Waals surface area contributed by atoms with Crippen molar-refractivity contribution in [3.8, 4) is 0 Å². The molecule has 1 N–H and O–H groups in total. The highest BCUT2D eigenvalue weighted by atomic mass is 79.9. The van der Waals surface area contributed by atoms with Gasteiger partial charge in [0.25, 0.3) is 0 Å². The smallest absolute Gasteiger partial charge is 0.307 e. The van der Waals surface area contributed by atoms with E-state index in [1.54, 1.807) is 25.6 Å². The Balaban J connectivity index is 2.01. The van der Waals surface area contributed by atoms with Crippen LogP contribution >= 0.6 is 27.7 Å². The fraction of sp³-hybridized carbons (Fsp3) is 0.357. The van der Waals surface area contributed by atoms with Crippen LogP contribution in [0.1, 0.15) is 31.5 Å². The number of hydrogen-bond donors (Lipinski definition) is 1. The van der Waals surface area contributed by atoms with Gasteiger partial charge in [0.1, 0.15) is 0 Å². The number of thioether (sulfide) groups is 1. The quantitative estimate of drug-likeness (QED) is 0.775. The molecule has 0 saturated heterocycles. The lowest BCUT2D eigenvalue weighted by Crippen LogP contribution is -2.16. The highest BCUT2D eigenvalue weighted by molar-refractivity contribution is 9.10. The summed E-state index contributed by atoms with van der Waals surface area (Å²) in [5.74, 6) is -0.237. The monoisotopic (exact) mass is 370 g/mol. The SMILES string of the molecule is CC(C(=O)O)C(C)c1nc(CSc2ccccc2Br)no1. The Labute approximate surface area is 135 Å². The maximum Gasteiger partial charge on any atom is 0.307 e. The lowest BCUT2D eigenvalue weighted by Gasteiger charge is -2.10. The van der Waals surface area contributed by atoms with Crippen LogP contribution in [0.5, 0.6) is 0 Å². The minimum Gasteiger partial charge on any atom is -0.481 e. The molecule has 0 fully saturated rings. The first kappa shape index (κ1) is 16.0. The molecule has 2 rings (SSSR count). The van der Waals surface area contributed by atoms with E-state index >= 15 is 0 Å². The van der Waals surface area contributed by atoms with Crippen LogP contribution in [-0.2, 0) is 10.5 Å². The fourth-order valence-electron chi connectivity index (χ4n) is 1.64. The summed E-state index contributed by atoms with van der Waals surface area (Å²) in [7, 11) is 0. The van der Waals surface area contributed by atoms with Gasteiger partial charge in [0.05, 0.1) is 11.7 Å². The first-order chi connectivity index (χ1) is 9.99. The average molecular weight is 371 g/mol. The van der Waals surface area contributed by atoms with Crippen LogP contribution in [-0.4, -0.2) is 21.2 Å². The van der Waals surface area contributed by atoms with Crippen LogP contribution in [0.3, 0.4) is 0 Å². The summed E-state index contributed by atoms with van der Waals surface area (Å²) in [6.45, 7) is 3.41. The van der Waals surface area contributed by atoms with Crippen molar-refractivity contribution in [3.05, 3.63) is 40.5 Å². The van der Waals surface area contributed by atoms with E-state index in [4.69, 9.17) is 9.63 Å². The summed E-state index contributed by atoms with van der Waals surface area (Å²) in [5.41, 5.74) is 0. The Morgan fingerprint density at radius 2 is 2.14 bits per heavy atom. The molecule has 5 nitrogen and oxygen atoms in total. The summed E-state index contributed by atoms with van der Waals surface area (Å²) in [4.78, 5) is 16.3. The fourth-order valence-corrected chi connectivity index (χ4v) is 3.05. The topological polar surface area (TPSA) is 76.2 Å². The van der Waals surface area contributed by atoms with Gasteiger partial charge in [-0.1, -0.05) is 31.1 Å². The van der Waals surface area contributed by atoms with Crippen molar-refractivity contribution in [1.29, 1.82) is 0 Å². The second-order valence-corrected chi connectivity index (χ2v) is 6.56. The second-order valence-electron chi connectivity index (χ2n) is 4.68. The summed E-state index contributed by atoms with van der Waals surface area (Å²) >= 11 is 5.07. The van der Waals surface area contributed by atoms with E-state index in [0.717, 1.165) is 9.37 Å². The van der Waals surface area contributed by atoms with Crippen molar-refractivity contribution in [1.82, 2.24) is 10.1 Å². The van der Waals surface area contributed by atoms with Crippen LogP contribution < -0.4 is 0 Å². The van der Waals surface area contributed by atoms with Crippen molar-refractivity contribution >= 4 is 33.7 Å². The third-order valence-electron chi connectivity index (χ3n) is 3.21. The van der Waals surface area contributed by atoms with Gasteiger partial charge in [0, 0.05) is 15.3 Å². The number of halogens is 1. The zero-order valence-corrected chi connectivity index (χ0v) is 14.0. The Hall–Kier alpha value is -1.34. The van der Waals surface area contributed by atoms with E-state index in [-0.39, 0.29) is 5.92 Å². The van der Waals surface area contributed by atoms with Crippen molar-refractivity contribution in [2.24, 2.45) is 5.92 Å². The molecule has 0 spiro atoms. The van der Waals surface area contributed by atoms with Crippen LogP contribution in [0.15, 0.2) is 38.2 Å². The van der Waals surface area contributed by atoms with E-state index in [9.17, 15) is 4.79 Å². The highest BCUT2D eigenvalue weighted by Crippen LogP contribution is 2.30. The number of benzene rings is 1. The molecule has 2 atom stereocenters. The third kappa shape index (κ3) is 4.07. The molecule has 0 aliphatic heterocycles. The predicted octanol–water partition coefficient (Wildman–Crippen LogP) is 3.95. The minimum atomic E-state index is -0.871. The molecular weight excluding hydrogens is 356 g/mol. The van der Waals surface area contributed by atoms with Gasteiger partial charge < -0.3 is 9.63 Å². The summed E-state index contributed by atoms with van der Waals surface area (Å²) in [5, 5.41) is 12.9. The van der Waals surface area contributed by atoms with Gasteiger partial charge in [-0.2, -0.15) is 4.98 Å². The molecule has 21 heavy (non-hydrogen) atoms. The van der Waals surface area contributed by atoms with Crippen molar-refractivity contribution < 1.29 is 14.4 Å². The van der Waals surface area contributed by atoms with Crippen LogP contribution in [0.25, 0.3) is 0 Å². The van der Waals surface area contributed by atoms with Crippen molar-refractivity contribution in [2.75, 3.05) is 0 Å². The van der Waals surface area contributed by atoms with Gasteiger partial charge in [-0.05, 0) is 28.1 Å². The molecule has 1 aromatic carbocycles. The molecule has 0 bridgehead atoms. The van der Waals surface area contributed by atoms with Crippen molar-refractivity contribution in [2.45, 2.75) is 30.4 Å². The lowest BCUT2D eigenvalue weighted by molar-refractivity contribution is -0.141. The standard InChI is InChI=1S/C14H15BrN2O3S/c1-8(9(2)14(18)19)13-16-12(17-20-13)7-21-11-6-4-3-5-10(11)15/h3-6,8-9H,7H2,1-2H3,(H,18,19). The third-order valence-corrected chi connectivity index (χ3v) is 5.23. The summed E-state index contributed by atoms with van der Waals surface area (Å²) in [6.07, 6.45) is 0. The maximum absolute atomic E-state index is 11.0. The Morgan fingerprint density at radius 3 is 2.81 bits per heavy atom. The number of aromatic nitrogens is 2. The largest absolute Gasteiger partial charge is 0.481 e. The number of hydrogen-bond acceptors (Lipinski definition) is 5. The van der Waals surface area contributed by atoms with Gasteiger partial charge in [0.15, 0.2) is 5.82 Å². The number of aliphatic carboxylic acids is 1. The zero-order chi connectivity index (χ0) is 15.4. The van der Waals surface area contributed by atoms with E-state index in [1.165, 1.54) is 0 Å². The van der Waals surface area contributed by atoms with Gasteiger partial charge in [0.2, 0.25) is 5.89 Å². The Kier molecular flexibility index (Phi) is 5.41. The molecule has 112 valence electrons. The van der Waals surface area contributed by atoms with E-state index in [2.05, 4.69) is 26.1 Å². The van der Waals surface area contributed by atoms with E-state index < -0.39 is 11.9 Å². The molecule has 0 amide bonds. The van der Waals surface area contributed by atoms with Crippen LogP contribution in [0.4, 0.5) is 0 Å². The molecule has 2 unspecified atom stereocenters. The normalized spacial score (nSPS) is 13.9. The molecule has 1 heterocycles. The molecule has 0 radical (unpaired) electrons. The number of carboxylic acids is 1. The lowest BCUT2D eigenvalue weighted by atomic mass is 9.96. The van der Waals surface area contributed by atoms with Gasteiger partial charge >= 0.3 is 5.97 Å². The van der Waals surface area contributed by atoms with Crippen molar-refractivity contribution in [3.63, 3.8) is 0 Å². The molecule has 0 aliphatic carbocycles. The summed E-state index contributed by atoms with van der Waals surface area (Å²) in [6, 6.07) is 7.90. The van der Waals surface area contributed by atoms with E-state index in [1.807, 2.05) is 24.3 Å². The molecule has 0 saturated carbocycles. The van der Waals surface area contributed by atoms with Gasteiger partial charge in [-0.25, -0.2) is 0 Å². The predicted molar refractivity (Wildman–Crippen MR) is 83.2 cm³/mol. The Bertz CT molecular complexity index is 632. The Morgan fingerprint density at radius 1 is 1.43 bits per heavy atom. The molecule has 2 aromatic rings.